The van der Waals surface area contributed by atoms with Crippen molar-refractivity contribution in [3.63, 3.8) is 0 Å². The molecule has 0 saturated carbocycles. The van der Waals surface area contributed by atoms with E-state index >= 15 is 0 Å². The predicted molar refractivity (Wildman–Crippen MR) is 141 cm³/mol. The molecule has 206 valence electrons. The predicted octanol–water partition coefficient (Wildman–Crippen LogP) is 0.0487. The van der Waals surface area contributed by atoms with Crippen LogP contribution in [-0.4, -0.2) is 41.2 Å². The van der Waals surface area contributed by atoms with Crippen molar-refractivity contribution in [2.45, 2.75) is 120 Å². The van der Waals surface area contributed by atoms with E-state index in [0.29, 0.717) is 23.3 Å². The van der Waals surface area contributed by atoms with Crippen molar-refractivity contribution >= 4 is 31.3 Å². The van der Waals surface area contributed by atoms with Gasteiger partial charge in [-0.3, -0.25) is 0 Å². The number of aromatic nitrogens is 2. The minimum absolute atomic E-state index is 0. The van der Waals surface area contributed by atoms with Crippen molar-refractivity contribution in [2.24, 2.45) is 5.92 Å². The van der Waals surface area contributed by atoms with Gasteiger partial charge in [0.1, 0.15) is 15.9 Å². The molecule has 0 fully saturated rings. The third-order valence-corrected chi connectivity index (χ3v) is 9.17. The molecule has 0 aliphatic rings. The molecule has 0 radical (unpaired) electrons. The summed E-state index contributed by atoms with van der Waals surface area (Å²) in [5.41, 5.74) is 0.869. The number of nitrogens with zero attached hydrogens (tertiary/aromatic N) is 1. The van der Waals surface area contributed by atoms with Crippen LogP contribution < -0.4 is 103 Å². The van der Waals surface area contributed by atoms with Gasteiger partial charge in [-0.25, -0.2) is 21.8 Å². The zero-order valence-electron chi connectivity index (χ0n) is 23.7. The van der Waals surface area contributed by atoms with Crippen molar-refractivity contribution < 1.29 is 129 Å². The van der Waals surface area contributed by atoms with Crippen molar-refractivity contribution in [1.29, 1.82) is 0 Å². The number of unbranched alkanes of at least 4 members (excludes halogenated alkanes) is 12. The zero-order valence-corrected chi connectivity index (χ0v) is 31.6. The standard InChI is InChI=1S/C26H44N2O6S2.2K/c1-3-4-5-6-7-8-9-10-11-12-13-14-15-16-22(21(2)35(29,30)31)19-26-27-24-18-17-23(36(32,33)34)20-25(24)28-26;;/h17-18,20-22H,3-16,19H2,1-2H3,(H,27,28)(H,29,30,31)(H,32,33,34);;/q;2*+1/p-2. The van der Waals surface area contributed by atoms with Crippen LogP contribution in [0.25, 0.3) is 11.0 Å². The Morgan fingerprint density at radius 1 is 0.816 bits per heavy atom. The van der Waals surface area contributed by atoms with E-state index in [1.807, 2.05) is 0 Å². The molecule has 1 aromatic heterocycles. The summed E-state index contributed by atoms with van der Waals surface area (Å²) in [6.07, 6.45) is 16.7. The quantitative estimate of drug-likeness (QED) is 0.133. The maximum atomic E-state index is 11.7. The van der Waals surface area contributed by atoms with Crippen LogP contribution in [0.3, 0.4) is 0 Å². The second kappa shape index (κ2) is 20.6. The average Bonchev–Trinajstić information content (AvgIpc) is 3.21. The molecule has 8 nitrogen and oxygen atoms in total. The first kappa shape index (κ1) is 39.8. The summed E-state index contributed by atoms with van der Waals surface area (Å²) in [7, 11) is -9.05. The summed E-state index contributed by atoms with van der Waals surface area (Å²) in [6.45, 7) is 3.68. The first-order chi connectivity index (χ1) is 17.0. The summed E-state index contributed by atoms with van der Waals surface area (Å²) in [5, 5.41) is -1.05. The third-order valence-electron chi connectivity index (χ3n) is 7.04. The summed E-state index contributed by atoms with van der Waals surface area (Å²) in [6, 6.07) is 3.86. The molecule has 0 aliphatic heterocycles. The fourth-order valence-electron chi connectivity index (χ4n) is 4.70. The number of hydrogen-bond acceptors (Lipinski definition) is 7. The number of imidazole rings is 1. The first-order valence-corrected chi connectivity index (χ1v) is 16.3. The number of fused-ring (bicyclic) bond motifs is 1. The van der Waals surface area contributed by atoms with Gasteiger partial charge in [0.15, 0.2) is 0 Å². The molecule has 0 saturated heterocycles. The van der Waals surface area contributed by atoms with E-state index in [1.54, 1.807) is 0 Å². The molecule has 1 heterocycles. The molecule has 0 amide bonds. The van der Waals surface area contributed by atoms with Crippen molar-refractivity contribution in [3.05, 3.63) is 24.0 Å². The van der Waals surface area contributed by atoms with Crippen LogP contribution in [0.5, 0.6) is 0 Å². The molecule has 12 heteroatoms. The maximum absolute atomic E-state index is 11.7. The largest absolute Gasteiger partial charge is 1.00 e. The number of aromatic amines is 1. The van der Waals surface area contributed by atoms with Crippen LogP contribution in [0.2, 0.25) is 0 Å². The minimum atomic E-state index is -4.59. The summed E-state index contributed by atoms with van der Waals surface area (Å²) in [4.78, 5) is 7.03. The van der Waals surface area contributed by atoms with Crippen molar-refractivity contribution in [3.8, 4) is 0 Å². The van der Waals surface area contributed by atoms with Gasteiger partial charge in [-0.2, -0.15) is 0 Å². The van der Waals surface area contributed by atoms with Crippen LogP contribution >= 0.6 is 0 Å². The molecule has 2 unspecified atom stereocenters. The van der Waals surface area contributed by atoms with Gasteiger partial charge >= 0.3 is 103 Å². The number of nitrogens with one attached hydrogen (secondary N) is 1. The van der Waals surface area contributed by atoms with Gasteiger partial charge in [0, 0.05) is 11.7 Å². The molecule has 2 rings (SSSR count). The Bertz CT molecular complexity index is 1140. The minimum Gasteiger partial charge on any atom is -0.748 e. The normalized spacial score (nSPS) is 13.6. The molecular weight excluding hydrogens is 579 g/mol. The Labute approximate surface area is 315 Å². The second-order valence-electron chi connectivity index (χ2n) is 10.0. The molecular formula is C26H42K2N2O6S2. The smallest absolute Gasteiger partial charge is 0.748 e. The molecule has 0 spiro atoms. The van der Waals surface area contributed by atoms with Gasteiger partial charge in [-0.1, -0.05) is 90.4 Å². The van der Waals surface area contributed by atoms with Gasteiger partial charge in [-0.05, 0) is 37.5 Å². The van der Waals surface area contributed by atoms with E-state index < -0.39 is 31.4 Å². The van der Waals surface area contributed by atoms with Crippen LogP contribution in [0.4, 0.5) is 0 Å². The number of benzene rings is 1. The summed E-state index contributed by atoms with van der Waals surface area (Å²) < 4.78 is 69.0. The molecule has 2 aromatic rings. The fourth-order valence-corrected chi connectivity index (χ4v) is 5.91. The molecule has 0 bridgehead atoms. The van der Waals surface area contributed by atoms with Crippen molar-refractivity contribution in [1.82, 2.24) is 9.97 Å². The SMILES string of the molecule is CCCCCCCCCCCCCCCC(Cc1nc2ccc(S(=O)(=O)[O-])cc2[nH]1)C(C)S(=O)(=O)[O-].[K+].[K+]. The monoisotopic (exact) mass is 620 g/mol. The Morgan fingerprint density at radius 3 is 1.79 bits per heavy atom. The molecule has 2 atom stereocenters. The Kier molecular flexibility index (Phi) is 21.6. The first-order valence-electron chi connectivity index (χ1n) is 13.4. The maximum Gasteiger partial charge on any atom is 1.00 e. The van der Waals surface area contributed by atoms with Gasteiger partial charge in [-0.15, -0.1) is 0 Å². The fraction of sp³-hybridized carbons (Fsp3) is 0.731. The number of rotatable bonds is 19. The van der Waals surface area contributed by atoms with Crippen molar-refractivity contribution in [2.75, 3.05) is 0 Å². The van der Waals surface area contributed by atoms with Gasteiger partial charge in [0.05, 0.1) is 26.0 Å². The third kappa shape index (κ3) is 15.3. The molecule has 1 aromatic carbocycles. The molecule has 0 aliphatic carbocycles. The van der Waals surface area contributed by atoms with Crippen LogP contribution in [0, 0.1) is 5.92 Å². The molecule has 38 heavy (non-hydrogen) atoms. The van der Waals surface area contributed by atoms with E-state index in [2.05, 4.69) is 16.9 Å². The van der Waals surface area contributed by atoms with E-state index in [9.17, 15) is 25.9 Å². The van der Waals surface area contributed by atoms with Crippen LogP contribution in [0.1, 0.15) is 110 Å². The second-order valence-corrected chi connectivity index (χ2v) is 13.1. The Balaban J connectivity index is 0.00000684. The van der Waals surface area contributed by atoms with E-state index in [4.69, 9.17) is 0 Å². The Morgan fingerprint density at radius 2 is 1.32 bits per heavy atom. The number of H-pyrrole nitrogens is 1. The zero-order chi connectivity index (χ0) is 26.6. The van der Waals surface area contributed by atoms with Gasteiger partial charge < -0.3 is 14.1 Å². The van der Waals surface area contributed by atoms with E-state index in [-0.39, 0.29) is 114 Å². The molecule has 1 N–H and O–H groups in total. The topological polar surface area (TPSA) is 143 Å². The Hall–Kier alpha value is 1.78. The van der Waals surface area contributed by atoms with Crippen LogP contribution in [-0.2, 0) is 26.7 Å². The van der Waals surface area contributed by atoms with Gasteiger partial charge in [0.2, 0.25) is 0 Å². The number of hydrogen-bond donors (Lipinski definition) is 1. The van der Waals surface area contributed by atoms with E-state index in [1.165, 1.54) is 89.3 Å². The average molecular weight is 621 g/mol. The summed E-state index contributed by atoms with van der Waals surface area (Å²) >= 11 is 0. The van der Waals surface area contributed by atoms with E-state index in [0.717, 1.165) is 19.3 Å². The van der Waals surface area contributed by atoms with Gasteiger partial charge in [0.25, 0.3) is 0 Å². The van der Waals surface area contributed by atoms with Crippen LogP contribution in [0.15, 0.2) is 23.1 Å². The summed E-state index contributed by atoms with van der Waals surface area (Å²) in [5.74, 6) is 0.0733.